The Morgan fingerprint density at radius 3 is 2.47 bits per heavy atom. The number of sulfone groups is 1. The van der Waals surface area contributed by atoms with Crippen molar-refractivity contribution in [2.45, 2.75) is 4.90 Å². The van der Waals surface area contributed by atoms with Crippen molar-refractivity contribution in [3.8, 4) is 0 Å². The van der Waals surface area contributed by atoms with Crippen LogP contribution in [0, 0.1) is 0 Å². The fraction of sp³-hybridized carbons (Fsp3) is 0.417. The van der Waals surface area contributed by atoms with Crippen LogP contribution in [0.1, 0.15) is 10.4 Å². The molecular formula is C12H16N2O3S2. The van der Waals surface area contributed by atoms with Gasteiger partial charge in [0.25, 0.3) is 5.91 Å². The monoisotopic (exact) mass is 300 g/mol. The summed E-state index contributed by atoms with van der Waals surface area (Å²) < 4.78 is 23.1. The molecule has 0 saturated carbocycles. The molecule has 0 radical (unpaired) electrons. The molecule has 0 atom stereocenters. The molecule has 7 heteroatoms. The number of nitrogens with zero attached hydrogens (tertiary/aromatic N) is 1. The average Bonchev–Trinajstić information content (AvgIpc) is 2.37. The summed E-state index contributed by atoms with van der Waals surface area (Å²) in [5.41, 5.74) is 6.31. The van der Waals surface area contributed by atoms with E-state index in [-0.39, 0.29) is 16.5 Å². The van der Waals surface area contributed by atoms with E-state index >= 15 is 0 Å². The van der Waals surface area contributed by atoms with Gasteiger partial charge in [0.1, 0.15) is 0 Å². The minimum atomic E-state index is -3.37. The van der Waals surface area contributed by atoms with E-state index in [0.29, 0.717) is 18.7 Å². The van der Waals surface area contributed by atoms with Crippen LogP contribution in [-0.4, -0.2) is 50.1 Å². The van der Waals surface area contributed by atoms with Crippen molar-refractivity contribution >= 4 is 33.2 Å². The minimum Gasteiger partial charge on any atom is -0.399 e. The Morgan fingerprint density at radius 1 is 1.26 bits per heavy atom. The van der Waals surface area contributed by atoms with E-state index < -0.39 is 9.84 Å². The van der Waals surface area contributed by atoms with E-state index in [2.05, 4.69) is 0 Å². The van der Waals surface area contributed by atoms with Gasteiger partial charge in [0, 0.05) is 42.1 Å². The van der Waals surface area contributed by atoms with E-state index in [9.17, 15) is 13.2 Å². The topological polar surface area (TPSA) is 80.5 Å². The van der Waals surface area contributed by atoms with E-state index in [1.54, 1.807) is 4.90 Å². The van der Waals surface area contributed by atoms with Gasteiger partial charge in [-0.15, -0.1) is 0 Å². The van der Waals surface area contributed by atoms with Gasteiger partial charge >= 0.3 is 0 Å². The third kappa shape index (κ3) is 3.42. The molecule has 2 N–H and O–H groups in total. The quantitative estimate of drug-likeness (QED) is 0.819. The van der Waals surface area contributed by atoms with Gasteiger partial charge in [-0.05, 0) is 18.2 Å². The highest BCUT2D eigenvalue weighted by atomic mass is 32.2. The lowest BCUT2D eigenvalue weighted by molar-refractivity contribution is 0.0772. The fourth-order valence-corrected chi connectivity index (χ4v) is 3.50. The van der Waals surface area contributed by atoms with Gasteiger partial charge in [-0.25, -0.2) is 8.42 Å². The highest BCUT2D eigenvalue weighted by molar-refractivity contribution is 7.99. The van der Waals surface area contributed by atoms with Crippen LogP contribution in [-0.2, 0) is 9.84 Å². The van der Waals surface area contributed by atoms with Crippen molar-refractivity contribution in [1.82, 2.24) is 4.90 Å². The molecule has 2 rings (SSSR count). The summed E-state index contributed by atoms with van der Waals surface area (Å²) in [4.78, 5) is 14.1. The number of carbonyl (C=O) groups is 1. The number of anilines is 1. The normalized spacial score (nSPS) is 16.4. The number of carbonyl (C=O) groups excluding carboxylic acids is 1. The molecule has 1 heterocycles. The van der Waals surface area contributed by atoms with Crippen LogP contribution in [0.25, 0.3) is 0 Å². The van der Waals surface area contributed by atoms with Crippen LogP contribution in [0.3, 0.4) is 0 Å². The number of rotatable bonds is 2. The van der Waals surface area contributed by atoms with Crippen molar-refractivity contribution in [3.63, 3.8) is 0 Å². The van der Waals surface area contributed by atoms with Gasteiger partial charge in [0.15, 0.2) is 9.84 Å². The number of benzene rings is 1. The van der Waals surface area contributed by atoms with Crippen molar-refractivity contribution in [2.24, 2.45) is 0 Å². The summed E-state index contributed by atoms with van der Waals surface area (Å²) in [5.74, 6) is 1.66. The summed E-state index contributed by atoms with van der Waals surface area (Å²) in [6.45, 7) is 1.37. The van der Waals surface area contributed by atoms with Gasteiger partial charge in [0.2, 0.25) is 0 Å². The van der Waals surface area contributed by atoms with Crippen LogP contribution in [0.15, 0.2) is 23.1 Å². The smallest absolute Gasteiger partial charge is 0.254 e. The first-order chi connectivity index (χ1) is 8.88. The summed E-state index contributed by atoms with van der Waals surface area (Å²) in [5, 5.41) is 0. The van der Waals surface area contributed by atoms with E-state index in [0.717, 1.165) is 17.8 Å². The number of hydrogen-bond donors (Lipinski definition) is 1. The van der Waals surface area contributed by atoms with Crippen molar-refractivity contribution in [2.75, 3.05) is 36.6 Å². The predicted molar refractivity (Wildman–Crippen MR) is 77.2 cm³/mol. The molecule has 5 nitrogen and oxygen atoms in total. The highest BCUT2D eigenvalue weighted by Gasteiger charge is 2.20. The Balaban J connectivity index is 2.34. The summed E-state index contributed by atoms with van der Waals surface area (Å²) in [7, 11) is -3.37. The molecule has 1 fully saturated rings. The zero-order valence-electron chi connectivity index (χ0n) is 10.6. The molecule has 0 aromatic heterocycles. The number of nitrogens with two attached hydrogens (primary N) is 1. The Labute approximate surface area is 117 Å². The lowest BCUT2D eigenvalue weighted by atomic mass is 10.1. The second-order valence-corrected chi connectivity index (χ2v) is 7.71. The van der Waals surface area contributed by atoms with Gasteiger partial charge in [-0.3, -0.25) is 4.79 Å². The Bertz CT molecular complexity index is 593. The molecule has 1 aliphatic heterocycles. The summed E-state index contributed by atoms with van der Waals surface area (Å²) in [6.07, 6.45) is 1.10. The molecule has 0 spiro atoms. The van der Waals surface area contributed by atoms with Gasteiger partial charge in [-0.1, -0.05) is 0 Å². The van der Waals surface area contributed by atoms with Crippen molar-refractivity contribution in [1.29, 1.82) is 0 Å². The van der Waals surface area contributed by atoms with E-state index in [4.69, 9.17) is 5.73 Å². The molecule has 0 aliphatic carbocycles. The maximum Gasteiger partial charge on any atom is 0.254 e. The van der Waals surface area contributed by atoms with Crippen LogP contribution in [0.2, 0.25) is 0 Å². The SMILES string of the molecule is CS(=O)(=O)c1cc(N)cc(C(=O)N2CCSCC2)c1. The second-order valence-electron chi connectivity index (χ2n) is 4.47. The van der Waals surface area contributed by atoms with E-state index in [1.165, 1.54) is 18.2 Å². The van der Waals surface area contributed by atoms with E-state index in [1.807, 2.05) is 11.8 Å². The largest absolute Gasteiger partial charge is 0.399 e. The third-order valence-electron chi connectivity index (χ3n) is 2.90. The molecule has 19 heavy (non-hydrogen) atoms. The zero-order chi connectivity index (χ0) is 14.0. The lowest BCUT2D eigenvalue weighted by Gasteiger charge is -2.26. The molecule has 1 aromatic carbocycles. The Hall–Kier alpha value is -1.21. The molecule has 1 aromatic rings. The van der Waals surface area contributed by atoms with Gasteiger partial charge in [-0.2, -0.15) is 11.8 Å². The Morgan fingerprint density at radius 2 is 1.89 bits per heavy atom. The molecule has 0 bridgehead atoms. The van der Waals surface area contributed by atoms with Crippen LogP contribution in [0.4, 0.5) is 5.69 Å². The van der Waals surface area contributed by atoms with Crippen molar-refractivity contribution in [3.05, 3.63) is 23.8 Å². The summed E-state index contributed by atoms with van der Waals surface area (Å²) in [6, 6.07) is 4.30. The predicted octanol–water partition coefficient (Wildman–Crippen LogP) is 0.861. The number of nitrogen functional groups attached to an aromatic ring is 1. The number of amides is 1. The first-order valence-corrected chi connectivity index (χ1v) is 8.90. The maximum atomic E-state index is 12.3. The average molecular weight is 300 g/mol. The molecule has 1 saturated heterocycles. The van der Waals surface area contributed by atoms with Crippen LogP contribution >= 0.6 is 11.8 Å². The highest BCUT2D eigenvalue weighted by Crippen LogP contribution is 2.19. The molecule has 0 unspecified atom stereocenters. The van der Waals surface area contributed by atoms with Crippen LogP contribution in [0.5, 0.6) is 0 Å². The Kier molecular flexibility index (Phi) is 4.05. The first kappa shape index (κ1) is 14.2. The second kappa shape index (κ2) is 5.42. The number of thioether (sulfide) groups is 1. The molecule has 104 valence electrons. The fourth-order valence-electron chi connectivity index (χ4n) is 1.91. The lowest BCUT2D eigenvalue weighted by Crippen LogP contribution is -2.38. The third-order valence-corrected chi connectivity index (χ3v) is 4.94. The molecule has 1 aliphatic rings. The standard InChI is InChI=1S/C12H16N2O3S2/c1-19(16,17)11-7-9(6-10(13)8-11)12(15)14-2-4-18-5-3-14/h6-8H,2-5,13H2,1H3. The molecular weight excluding hydrogens is 284 g/mol. The van der Waals surface area contributed by atoms with Crippen LogP contribution < -0.4 is 5.73 Å². The minimum absolute atomic E-state index is 0.0854. The summed E-state index contributed by atoms with van der Waals surface area (Å²) >= 11 is 1.81. The van der Waals surface area contributed by atoms with Crippen molar-refractivity contribution < 1.29 is 13.2 Å². The maximum absolute atomic E-state index is 12.3. The molecule has 1 amide bonds. The number of hydrogen-bond acceptors (Lipinski definition) is 5. The van der Waals surface area contributed by atoms with Gasteiger partial charge in [0.05, 0.1) is 4.90 Å². The van der Waals surface area contributed by atoms with Gasteiger partial charge < -0.3 is 10.6 Å². The first-order valence-electron chi connectivity index (χ1n) is 5.85. The zero-order valence-corrected chi connectivity index (χ0v) is 12.3.